The number of amides is 1. The summed E-state index contributed by atoms with van der Waals surface area (Å²) < 4.78 is 16.4. The molecule has 0 saturated carbocycles. The minimum Gasteiger partial charge on any atom is -0.466 e. The Bertz CT molecular complexity index is 1080. The molecule has 37 heavy (non-hydrogen) atoms. The summed E-state index contributed by atoms with van der Waals surface area (Å²) in [7, 11) is 1.61. The molecule has 1 N–H and O–H groups in total. The maximum atomic E-state index is 13.9. The molecule has 8 heteroatoms. The molecule has 8 nitrogen and oxygen atoms in total. The second kappa shape index (κ2) is 12.2. The van der Waals surface area contributed by atoms with Crippen LogP contribution in [0.2, 0.25) is 0 Å². The number of nitrogens with zero attached hydrogens (tertiary/aromatic N) is 1. The molecule has 2 atom stereocenters. The first-order valence-electron chi connectivity index (χ1n) is 12.7. The lowest BCUT2D eigenvalue weighted by Gasteiger charge is -2.40. The van der Waals surface area contributed by atoms with Crippen LogP contribution in [-0.2, 0) is 43.2 Å². The van der Waals surface area contributed by atoms with Crippen molar-refractivity contribution in [2.24, 2.45) is 5.92 Å². The van der Waals surface area contributed by atoms with Crippen LogP contribution in [0.15, 0.2) is 54.6 Å². The third-order valence-electron chi connectivity index (χ3n) is 6.20. The molecule has 0 fully saturated rings. The molecule has 3 rings (SSSR count). The Morgan fingerprint density at radius 2 is 1.68 bits per heavy atom. The smallest absolute Gasteiger partial charge is 0.466 e. The quantitative estimate of drug-likeness (QED) is 0.504. The first-order chi connectivity index (χ1) is 17.5. The third kappa shape index (κ3) is 7.79. The number of benzene rings is 2. The van der Waals surface area contributed by atoms with Gasteiger partial charge in [-0.15, -0.1) is 0 Å². The number of fused-ring (bicyclic) bond motifs is 1. The van der Waals surface area contributed by atoms with E-state index in [0.29, 0.717) is 19.4 Å². The number of nitrogens with one attached hydrogen (secondary N) is 1. The zero-order valence-electron chi connectivity index (χ0n) is 22.4. The van der Waals surface area contributed by atoms with Gasteiger partial charge in [-0.25, -0.2) is 4.79 Å². The van der Waals surface area contributed by atoms with Crippen molar-refractivity contribution in [3.63, 3.8) is 0 Å². The number of carbonyl (C=O) groups is 3. The van der Waals surface area contributed by atoms with Crippen LogP contribution >= 0.6 is 0 Å². The number of aryl methyl sites for hydroxylation is 1. The summed E-state index contributed by atoms with van der Waals surface area (Å²) in [4.78, 5) is 40.9. The van der Waals surface area contributed by atoms with Gasteiger partial charge in [0.1, 0.15) is 5.60 Å². The summed E-state index contributed by atoms with van der Waals surface area (Å²) in [5, 5.41) is 3.14. The lowest BCUT2D eigenvalue weighted by atomic mass is 9.91. The van der Waals surface area contributed by atoms with Crippen LogP contribution in [0.3, 0.4) is 0 Å². The minimum atomic E-state index is -1.66. The summed E-state index contributed by atoms with van der Waals surface area (Å²) in [6.45, 7) is 7.66. The first-order valence-corrected chi connectivity index (χ1v) is 12.7. The molecule has 1 unspecified atom stereocenters. The van der Waals surface area contributed by atoms with E-state index in [2.05, 4.69) is 5.32 Å². The van der Waals surface area contributed by atoms with E-state index < -0.39 is 29.3 Å². The van der Waals surface area contributed by atoms with Crippen LogP contribution in [-0.4, -0.2) is 54.5 Å². The van der Waals surface area contributed by atoms with Gasteiger partial charge in [-0.05, 0) is 57.2 Å². The Morgan fingerprint density at radius 3 is 2.32 bits per heavy atom. The van der Waals surface area contributed by atoms with Gasteiger partial charge in [0.25, 0.3) is 11.6 Å². The van der Waals surface area contributed by atoms with Crippen molar-refractivity contribution in [3.8, 4) is 0 Å². The molecule has 1 amide bonds. The summed E-state index contributed by atoms with van der Waals surface area (Å²) in [5.41, 5.74) is 0.573. The van der Waals surface area contributed by atoms with Gasteiger partial charge in [-0.2, -0.15) is 0 Å². The molecular weight excluding hydrogens is 472 g/mol. The molecule has 0 spiro atoms. The molecular formula is C29H38N2O6. The van der Waals surface area contributed by atoms with Crippen molar-refractivity contribution >= 4 is 18.0 Å². The van der Waals surface area contributed by atoms with Gasteiger partial charge in [0.05, 0.1) is 12.5 Å². The zero-order valence-corrected chi connectivity index (χ0v) is 22.4. The van der Waals surface area contributed by atoms with Gasteiger partial charge in [0.2, 0.25) is 0 Å². The van der Waals surface area contributed by atoms with Gasteiger partial charge in [-0.3, -0.25) is 14.9 Å². The fourth-order valence-electron chi connectivity index (χ4n) is 4.40. The minimum absolute atomic E-state index is 0.118. The largest absolute Gasteiger partial charge is 0.511 e. The standard InChI is InChI=1S/C29H38N2O6/c1-6-35-25(32)24(17-16-21-12-8-7-9-13-21)20-31(5)26(33)29(37-27(34)36-28(2,3)4)18-22-14-10-11-15-23(22)19-30-29/h7-15,24,30H,6,16-20H2,1-5H3/t24?,29-/m0/s1. The molecule has 0 saturated heterocycles. The Balaban J connectivity index is 1.82. The van der Waals surface area contributed by atoms with E-state index >= 15 is 0 Å². The lowest BCUT2D eigenvalue weighted by molar-refractivity contribution is -0.163. The molecule has 2 aromatic carbocycles. The SMILES string of the molecule is CCOC(=O)C(CCc1ccccc1)CN(C)C(=O)[C@@]1(OC(=O)OC(C)(C)C)Cc2ccccc2CN1. The van der Waals surface area contributed by atoms with E-state index in [1.54, 1.807) is 34.7 Å². The van der Waals surface area contributed by atoms with E-state index in [1.807, 2.05) is 54.6 Å². The van der Waals surface area contributed by atoms with Crippen molar-refractivity contribution in [3.05, 3.63) is 71.3 Å². The molecule has 2 aromatic rings. The average molecular weight is 511 g/mol. The second-order valence-corrected chi connectivity index (χ2v) is 10.4. The molecule has 1 aliphatic rings. The van der Waals surface area contributed by atoms with E-state index in [-0.39, 0.29) is 25.5 Å². The number of rotatable bonds is 9. The highest BCUT2D eigenvalue weighted by Crippen LogP contribution is 2.28. The molecule has 0 aliphatic carbocycles. The normalized spacial score (nSPS) is 17.8. The molecule has 200 valence electrons. The van der Waals surface area contributed by atoms with Crippen molar-refractivity contribution in [2.45, 2.75) is 64.8 Å². The number of likely N-dealkylation sites (N-methyl/N-ethyl adjacent to an activating group) is 1. The van der Waals surface area contributed by atoms with Crippen molar-refractivity contribution in [1.82, 2.24) is 10.2 Å². The van der Waals surface area contributed by atoms with Crippen LogP contribution in [0.4, 0.5) is 4.79 Å². The van der Waals surface area contributed by atoms with Crippen LogP contribution in [0.1, 0.15) is 50.8 Å². The van der Waals surface area contributed by atoms with Gasteiger partial charge in [0, 0.05) is 26.6 Å². The highest BCUT2D eigenvalue weighted by Gasteiger charge is 2.48. The van der Waals surface area contributed by atoms with E-state index in [4.69, 9.17) is 14.2 Å². The first kappa shape index (κ1) is 28.2. The molecule has 1 heterocycles. The van der Waals surface area contributed by atoms with Gasteiger partial charge >= 0.3 is 12.1 Å². The topological polar surface area (TPSA) is 94.2 Å². The fraction of sp³-hybridized carbons (Fsp3) is 0.483. The number of hydrogen-bond donors (Lipinski definition) is 1. The predicted octanol–water partition coefficient (Wildman–Crippen LogP) is 4.25. The van der Waals surface area contributed by atoms with Crippen LogP contribution in [0.5, 0.6) is 0 Å². The number of ether oxygens (including phenoxy) is 3. The van der Waals surface area contributed by atoms with Crippen LogP contribution in [0, 0.1) is 5.92 Å². The highest BCUT2D eigenvalue weighted by molar-refractivity contribution is 5.88. The zero-order chi connectivity index (χ0) is 27.1. The molecule has 0 radical (unpaired) electrons. The molecule has 1 aliphatic heterocycles. The second-order valence-electron chi connectivity index (χ2n) is 10.4. The van der Waals surface area contributed by atoms with Crippen LogP contribution in [0.25, 0.3) is 0 Å². The fourth-order valence-corrected chi connectivity index (χ4v) is 4.40. The molecule has 0 aromatic heterocycles. The lowest BCUT2D eigenvalue weighted by Crippen LogP contribution is -2.63. The van der Waals surface area contributed by atoms with E-state index in [9.17, 15) is 14.4 Å². The van der Waals surface area contributed by atoms with E-state index in [1.165, 1.54) is 4.90 Å². The Kier molecular flexibility index (Phi) is 9.32. The summed E-state index contributed by atoms with van der Waals surface area (Å²) in [6.07, 6.45) is 0.376. The van der Waals surface area contributed by atoms with Crippen molar-refractivity contribution in [2.75, 3.05) is 20.2 Å². The Hall–Kier alpha value is -3.39. The van der Waals surface area contributed by atoms with E-state index in [0.717, 1.165) is 16.7 Å². The predicted molar refractivity (Wildman–Crippen MR) is 140 cm³/mol. The number of carbonyl (C=O) groups excluding carboxylic acids is 3. The monoisotopic (exact) mass is 510 g/mol. The maximum Gasteiger partial charge on any atom is 0.511 e. The average Bonchev–Trinajstić information content (AvgIpc) is 2.85. The number of esters is 1. The molecule has 0 bridgehead atoms. The van der Waals surface area contributed by atoms with Crippen molar-refractivity contribution < 1.29 is 28.6 Å². The maximum absolute atomic E-state index is 13.9. The van der Waals surface area contributed by atoms with Crippen LogP contribution < -0.4 is 5.32 Å². The summed E-state index contributed by atoms with van der Waals surface area (Å²) >= 11 is 0. The third-order valence-corrected chi connectivity index (χ3v) is 6.20. The highest BCUT2D eigenvalue weighted by atomic mass is 16.7. The summed E-state index contributed by atoms with van der Waals surface area (Å²) in [6, 6.07) is 17.5. The van der Waals surface area contributed by atoms with Gasteiger partial charge in [-0.1, -0.05) is 54.6 Å². The summed E-state index contributed by atoms with van der Waals surface area (Å²) in [5.74, 6) is -1.35. The van der Waals surface area contributed by atoms with Gasteiger partial charge < -0.3 is 19.1 Å². The Morgan fingerprint density at radius 1 is 1.03 bits per heavy atom. The van der Waals surface area contributed by atoms with Gasteiger partial charge in [0.15, 0.2) is 0 Å². The Labute approximate surface area is 219 Å². The number of hydrogen-bond acceptors (Lipinski definition) is 7. The van der Waals surface area contributed by atoms with Crippen molar-refractivity contribution in [1.29, 1.82) is 0 Å².